The van der Waals surface area contributed by atoms with Crippen molar-refractivity contribution in [1.29, 1.82) is 0 Å². The molecule has 0 spiro atoms. The summed E-state index contributed by atoms with van der Waals surface area (Å²) in [4.78, 5) is 0. The van der Waals surface area contributed by atoms with Crippen LogP contribution in [0.5, 0.6) is 0 Å². The van der Waals surface area contributed by atoms with Gasteiger partial charge in [-0.05, 0) is 13.8 Å². The van der Waals surface area contributed by atoms with Crippen molar-refractivity contribution in [2.24, 2.45) is 0 Å². The van der Waals surface area contributed by atoms with Crippen LogP contribution in [0.25, 0.3) is 0 Å². The van der Waals surface area contributed by atoms with Crippen LogP contribution in [-0.2, 0) is 4.74 Å². The fourth-order valence-corrected chi connectivity index (χ4v) is 0.723. The zero-order valence-electron chi connectivity index (χ0n) is 6.83. The Morgan fingerprint density at radius 1 is 1.45 bits per heavy atom. The van der Waals surface area contributed by atoms with Gasteiger partial charge in [-0.1, -0.05) is 0 Å². The molecule has 0 rings (SSSR count). The van der Waals surface area contributed by atoms with Gasteiger partial charge in [0.1, 0.15) is 0 Å². The molecule has 68 valence electrons. The molecular formula is C7H15FO3. The lowest BCUT2D eigenvalue weighted by Crippen LogP contribution is -2.32. The molecular weight excluding hydrogens is 151 g/mol. The van der Waals surface area contributed by atoms with E-state index in [0.717, 1.165) is 0 Å². The molecule has 0 saturated carbocycles. The van der Waals surface area contributed by atoms with E-state index in [9.17, 15) is 4.39 Å². The average Bonchev–Trinajstić information content (AvgIpc) is 1.98. The van der Waals surface area contributed by atoms with Crippen LogP contribution in [0.2, 0.25) is 0 Å². The van der Waals surface area contributed by atoms with Crippen molar-refractivity contribution in [2.75, 3.05) is 13.2 Å². The van der Waals surface area contributed by atoms with Crippen LogP contribution in [0.15, 0.2) is 0 Å². The SMILES string of the molecule is C[C@H](OCCO)C(F)[C@@H](C)O. The third-order valence-electron chi connectivity index (χ3n) is 1.38. The van der Waals surface area contributed by atoms with Gasteiger partial charge >= 0.3 is 0 Å². The minimum atomic E-state index is -1.39. The number of ether oxygens (including phenoxy) is 1. The van der Waals surface area contributed by atoms with E-state index in [1.165, 1.54) is 13.8 Å². The second-order valence-electron chi connectivity index (χ2n) is 2.48. The highest BCUT2D eigenvalue weighted by molar-refractivity contribution is 4.69. The van der Waals surface area contributed by atoms with Crippen LogP contribution in [0.3, 0.4) is 0 Å². The third kappa shape index (κ3) is 4.29. The number of hydrogen-bond donors (Lipinski definition) is 2. The highest BCUT2D eigenvalue weighted by Crippen LogP contribution is 2.07. The number of aliphatic hydroxyl groups excluding tert-OH is 2. The van der Waals surface area contributed by atoms with Gasteiger partial charge in [0.05, 0.1) is 25.4 Å². The van der Waals surface area contributed by atoms with E-state index in [1.807, 2.05) is 0 Å². The van der Waals surface area contributed by atoms with Crippen LogP contribution in [0.1, 0.15) is 13.8 Å². The summed E-state index contributed by atoms with van der Waals surface area (Å²) in [5.41, 5.74) is 0. The lowest BCUT2D eigenvalue weighted by Gasteiger charge is -2.18. The molecule has 0 amide bonds. The maximum Gasteiger partial charge on any atom is 0.151 e. The summed E-state index contributed by atoms with van der Waals surface area (Å²) in [5, 5.41) is 17.1. The topological polar surface area (TPSA) is 49.7 Å². The van der Waals surface area contributed by atoms with Gasteiger partial charge in [0.15, 0.2) is 6.17 Å². The monoisotopic (exact) mass is 166 g/mol. The van der Waals surface area contributed by atoms with Gasteiger partial charge in [0, 0.05) is 0 Å². The number of alkyl halides is 1. The van der Waals surface area contributed by atoms with Gasteiger partial charge in [0.2, 0.25) is 0 Å². The molecule has 3 atom stereocenters. The molecule has 0 heterocycles. The summed E-state index contributed by atoms with van der Waals surface area (Å²) in [6.45, 7) is 2.86. The molecule has 0 aliphatic rings. The summed E-state index contributed by atoms with van der Waals surface area (Å²) in [7, 11) is 0. The first-order chi connectivity index (χ1) is 5.09. The van der Waals surface area contributed by atoms with Crippen molar-refractivity contribution in [3.05, 3.63) is 0 Å². The Labute approximate surface area is 65.8 Å². The Morgan fingerprint density at radius 3 is 2.36 bits per heavy atom. The fourth-order valence-electron chi connectivity index (χ4n) is 0.723. The highest BCUT2D eigenvalue weighted by Gasteiger charge is 2.21. The van der Waals surface area contributed by atoms with Crippen molar-refractivity contribution in [3.8, 4) is 0 Å². The standard InChI is InChI=1S/C7H15FO3/c1-5(10)7(8)6(2)11-4-3-9/h5-7,9-10H,3-4H2,1-2H3/t5-,6+,7?/m1/s1. The van der Waals surface area contributed by atoms with Gasteiger partial charge in [0.25, 0.3) is 0 Å². The minimum absolute atomic E-state index is 0.105. The summed E-state index contributed by atoms with van der Waals surface area (Å²) in [6.07, 6.45) is -3.08. The maximum absolute atomic E-state index is 12.8. The van der Waals surface area contributed by atoms with Gasteiger partial charge in [-0.15, -0.1) is 0 Å². The molecule has 0 aromatic rings. The van der Waals surface area contributed by atoms with Gasteiger partial charge in [-0.2, -0.15) is 0 Å². The molecule has 0 aliphatic carbocycles. The van der Waals surface area contributed by atoms with Gasteiger partial charge in [-0.25, -0.2) is 4.39 Å². The predicted octanol–water partition coefficient (Wildman–Crippen LogP) is 0.103. The normalized spacial score (nSPS) is 19.4. The van der Waals surface area contributed by atoms with Crippen LogP contribution >= 0.6 is 0 Å². The highest BCUT2D eigenvalue weighted by atomic mass is 19.1. The number of halogens is 1. The van der Waals surface area contributed by atoms with Crippen molar-refractivity contribution >= 4 is 0 Å². The Hall–Kier alpha value is -0.190. The molecule has 4 heteroatoms. The minimum Gasteiger partial charge on any atom is -0.394 e. The molecule has 1 unspecified atom stereocenters. The summed E-state index contributed by atoms with van der Waals surface area (Å²) < 4.78 is 17.6. The molecule has 2 N–H and O–H groups in total. The van der Waals surface area contributed by atoms with Crippen molar-refractivity contribution in [1.82, 2.24) is 0 Å². The maximum atomic E-state index is 12.8. The molecule has 0 bridgehead atoms. The summed E-state index contributed by atoms with van der Waals surface area (Å²) >= 11 is 0. The smallest absolute Gasteiger partial charge is 0.151 e. The first-order valence-corrected chi connectivity index (χ1v) is 3.64. The molecule has 11 heavy (non-hydrogen) atoms. The summed E-state index contributed by atoms with van der Waals surface area (Å²) in [6, 6.07) is 0. The lowest BCUT2D eigenvalue weighted by molar-refractivity contribution is -0.0459. The lowest BCUT2D eigenvalue weighted by atomic mass is 10.1. The number of aliphatic hydroxyl groups is 2. The van der Waals surface area contributed by atoms with Gasteiger partial charge < -0.3 is 14.9 Å². The fraction of sp³-hybridized carbons (Fsp3) is 1.00. The van der Waals surface area contributed by atoms with Crippen LogP contribution in [-0.4, -0.2) is 41.8 Å². The molecule has 0 aromatic heterocycles. The van der Waals surface area contributed by atoms with Crippen LogP contribution in [0, 0.1) is 0 Å². The Kier molecular flexibility index (Phi) is 5.36. The van der Waals surface area contributed by atoms with Crippen LogP contribution in [0.4, 0.5) is 4.39 Å². The molecule has 0 fully saturated rings. The number of rotatable bonds is 5. The summed E-state index contributed by atoms with van der Waals surface area (Å²) in [5.74, 6) is 0. The van der Waals surface area contributed by atoms with E-state index >= 15 is 0 Å². The second-order valence-corrected chi connectivity index (χ2v) is 2.48. The van der Waals surface area contributed by atoms with Crippen LogP contribution < -0.4 is 0 Å². The predicted molar refractivity (Wildman–Crippen MR) is 39.1 cm³/mol. The van der Waals surface area contributed by atoms with Crippen molar-refractivity contribution < 1.29 is 19.3 Å². The molecule has 0 aliphatic heterocycles. The van der Waals surface area contributed by atoms with Gasteiger partial charge in [-0.3, -0.25) is 0 Å². The Balaban J connectivity index is 3.55. The number of hydrogen-bond acceptors (Lipinski definition) is 3. The third-order valence-corrected chi connectivity index (χ3v) is 1.38. The zero-order chi connectivity index (χ0) is 8.85. The second kappa shape index (κ2) is 5.46. The van der Waals surface area contributed by atoms with Crippen molar-refractivity contribution in [2.45, 2.75) is 32.2 Å². The van der Waals surface area contributed by atoms with E-state index in [1.54, 1.807) is 0 Å². The first-order valence-electron chi connectivity index (χ1n) is 3.64. The van der Waals surface area contributed by atoms with E-state index in [-0.39, 0.29) is 13.2 Å². The first kappa shape index (κ1) is 10.8. The Morgan fingerprint density at radius 2 is 2.00 bits per heavy atom. The van der Waals surface area contributed by atoms with E-state index in [2.05, 4.69) is 0 Å². The molecule has 0 saturated heterocycles. The van der Waals surface area contributed by atoms with E-state index in [4.69, 9.17) is 14.9 Å². The molecule has 3 nitrogen and oxygen atoms in total. The zero-order valence-corrected chi connectivity index (χ0v) is 6.83. The Bertz CT molecular complexity index is 97.7. The van der Waals surface area contributed by atoms with E-state index < -0.39 is 18.4 Å². The average molecular weight is 166 g/mol. The molecule has 0 aromatic carbocycles. The van der Waals surface area contributed by atoms with Crippen molar-refractivity contribution in [3.63, 3.8) is 0 Å². The largest absolute Gasteiger partial charge is 0.394 e. The quantitative estimate of drug-likeness (QED) is 0.609. The molecule has 0 radical (unpaired) electrons. The van der Waals surface area contributed by atoms with E-state index in [0.29, 0.717) is 0 Å².